The van der Waals surface area contributed by atoms with E-state index < -0.39 is 0 Å². The second kappa shape index (κ2) is 5.25. The molecule has 0 spiro atoms. The van der Waals surface area contributed by atoms with Crippen molar-refractivity contribution in [3.8, 4) is 0 Å². The van der Waals surface area contributed by atoms with Gasteiger partial charge in [0.2, 0.25) is 0 Å². The van der Waals surface area contributed by atoms with E-state index in [1.54, 1.807) is 0 Å². The summed E-state index contributed by atoms with van der Waals surface area (Å²) in [7, 11) is 0. The van der Waals surface area contributed by atoms with Crippen LogP contribution in [0, 0.1) is 5.92 Å². The Labute approximate surface area is 107 Å². The summed E-state index contributed by atoms with van der Waals surface area (Å²) < 4.78 is 0. The van der Waals surface area contributed by atoms with Crippen molar-refractivity contribution < 1.29 is 5.11 Å². The van der Waals surface area contributed by atoms with Gasteiger partial charge in [0, 0.05) is 19.6 Å². The van der Waals surface area contributed by atoms with Crippen molar-refractivity contribution in [1.29, 1.82) is 0 Å². The highest BCUT2D eigenvalue weighted by molar-refractivity contribution is 6.33. The first kappa shape index (κ1) is 12.7. The van der Waals surface area contributed by atoms with Gasteiger partial charge in [-0.05, 0) is 30.0 Å². The zero-order valence-electron chi connectivity index (χ0n) is 10.1. The molecule has 1 aromatic carbocycles. The van der Waals surface area contributed by atoms with Gasteiger partial charge in [-0.2, -0.15) is 0 Å². The number of hydrogen-bond acceptors (Lipinski definition) is 3. The van der Waals surface area contributed by atoms with Gasteiger partial charge < -0.3 is 15.7 Å². The molecule has 2 unspecified atom stereocenters. The fourth-order valence-corrected chi connectivity index (χ4v) is 2.61. The predicted molar refractivity (Wildman–Crippen MR) is 71.3 cm³/mol. The van der Waals surface area contributed by atoms with Crippen LogP contribution in [0.3, 0.4) is 0 Å². The summed E-state index contributed by atoms with van der Waals surface area (Å²) >= 11 is 6.27. The lowest BCUT2D eigenvalue weighted by Gasteiger charge is -2.36. The predicted octanol–water partition coefficient (Wildman–Crippen LogP) is 2.01. The van der Waals surface area contributed by atoms with Crippen LogP contribution in [0.25, 0.3) is 0 Å². The molecular weight excluding hydrogens is 236 g/mol. The minimum Gasteiger partial charge on any atom is -0.393 e. The van der Waals surface area contributed by atoms with Crippen LogP contribution >= 0.6 is 11.6 Å². The highest BCUT2D eigenvalue weighted by Gasteiger charge is 2.25. The van der Waals surface area contributed by atoms with Gasteiger partial charge in [-0.25, -0.2) is 0 Å². The lowest BCUT2D eigenvalue weighted by Crippen LogP contribution is -2.42. The first-order valence-corrected chi connectivity index (χ1v) is 6.41. The van der Waals surface area contributed by atoms with Gasteiger partial charge in [0.1, 0.15) is 0 Å². The molecule has 1 aromatic rings. The van der Waals surface area contributed by atoms with E-state index in [0.29, 0.717) is 6.54 Å². The molecule has 17 heavy (non-hydrogen) atoms. The van der Waals surface area contributed by atoms with Crippen molar-refractivity contribution in [3.63, 3.8) is 0 Å². The Morgan fingerprint density at radius 3 is 2.88 bits per heavy atom. The van der Waals surface area contributed by atoms with Crippen LogP contribution in [0.2, 0.25) is 5.02 Å². The monoisotopic (exact) mass is 254 g/mol. The van der Waals surface area contributed by atoms with E-state index in [1.807, 2.05) is 18.2 Å². The van der Waals surface area contributed by atoms with Crippen molar-refractivity contribution in [2.24, 2.45) is 11.7 Å². The molecule has 3 N–H and O–H groups in total. The van der Waals surface area contributed by atoms with Crippen LogP contribution < -0.4 is 10.6 Å². The van der Waals surface area contributed by atoms with Crippen molar-refractivity contribution in [1.82, 2.24) is 0 Å². The normalized spacial score (nSPS) is 25.1. The Hall–Kier alpha value is -0.770. The molecule has 2 atom stereocenters. The molecule has 1 aliphatic rings. The third-order valence-electron chi connectivity index (χ3n) is 3.45. The number of aliphatic hydroxyl groups excluding tert-OH is 1. The summed E-state index contributed by atoms with van der Waals surface area (Å²) in [6.45, 7) is 4.28. The lowest BCUT2D eigenvalue weighted by atomic mass is 9.96. The summed E-state index contributed by atoms with van der Waals surface area (Å²) in [5.41, 5.74) is 7.67. The number of nitrogens with two attached hydrogens (primary N) is 1. The quantitative estimate of drug-likeness (QED) is 0.849. The van der Waals surface area contributed by atoms with Crippen LogP contribution in [0.1, 0.15) is 18.9 Å². The lowest BCUT2D eigenvalue weighted by molar-refractivity contribution is 0.0971. The van der Waals surface area contributed by atoms with E-state index in [1.165, 1.54) is 0 Å². The molecule has 94 valence electrons. The smallest absolute Gasteiger partial charge is 0.0642 e. The van der Waals surface area contributed by atoms with Crippen LogP contribution in [-0.2, 0) is 6.54 Å². The van der Waals surface area contributed by atoms with E-state index in [0.717, 1.165) is 35.8 Å². The maximum absolute atomic E-state index is 9.72. The van der Waals surface area contributed by atoms with Crippen molar-refractivity contribution in [3.05, 3.63) is 28.8 Å². The molecule has 0 aliphatic carbocycles. The number of anilines is 1. The molecule has 2 rings (SSSR count). The maximum Gasteiger partial charge on any atom is 0.0642 e. The zero-order chi connectivity index (χ0) is 12.4. The minimum absolute atomic E-state index is 0.187. The summed E-state index contributed by atoms with van der Waals surface area (Å²) in [6, 6.07) is 5.96. The number of nitrogens with zero attached hydrogens (tertiary/aromatic N) is 1. The first-order chi connectivity index (χ1) is 8.11. The van der Waals surface area contributed by atoms with Crippen molar-refractivity contribution >= 4 is 17.3 Å². The number of rotatable bonds is 2. The van der Waals surface area contributed by atoms with E-state index in [2.05, 4.69) is 11.8 Å². The maximum atomic E-state index is 9.72. The van der Waals surface area contributed by atoms with E-state index in [4.69, 9.17) is 17.3 Å². The Morgan fingerprint density at radius 2 is 2.29 bits per heavy atom. The largest absolute Gasteiger partial charge is 0.393 e. The van der Waals surface area contributed by atoms with Crippen molar-refractivity contribution in [2.45, 2.75) is 26.0 Å². The summed E-state index contributed by atoms with van der Waals surface area (Å²) in [6.07, 6.45) is 0.615. The molecule has 3 nitrogen and oxygen atoms in total. The Balaban J connectivity index is 2.17. The van der Waals surface area contributed by atoms with Gasteiger partial charge in [0.05, 0.1) is 16.8 Å². The van der Waals surface area contributed by atoms with Crippen LogP contribution in [-0.4, -0.2) is 24.3 Å². The second-order valence-electron chi connectivity index (χ2n) is 4.77. The highest BCUT2D eigenvalue weighted by Crippen LogP contribution is 2.30. The molecular formula is C13H19ClN2O. The summed E-state index contributed by atoms with van der Waals surface area (Å²) in [4.78, 5) is 2.24. The van der Waals surface area contributed by atoms with Gasteiger partial charge in [0.15, 0.2) is 0 Å². The number of piperidine rings is 1. The molecule has 1 saturated heterocycles. The summed E-state index contributed by atoms with van der Waals surface area (Å²) in [5.74, 6) is 0.286. The molecule has 0 saturated carbocycles. The zero-order valence-corrected chi connectivity index (χ0v) is 10.8. The fraction of sp³-hybridized carbons (Fsp3) is 0.538. The molecule has 1 fully saturated rings. The van der Waals surface area contributed by atoms with Crippen LogP contribution in [0.4, 0.5) is 5.69 Å². The second-order valence-corrected chi connectivity index (χ2v) is 5.18. The first-order valence-electron chi connectivity index (χ1n) is 6.03. The van der Waals surface area contributed by atoms with Crippen LogP contribution in [0.5, 0.6) is 0 Å². The Bertz CT molecular complexity index is 397. The number of halogens is 1. The number of hydrogen-bond donors (Lipinski definition) is 2. The van der Waals surface area contributed by atoms with E-state index >= 15 is 0 Å². The average molecular weight is 255 g/mol. The molecule has 1 aliphatic heterocycles. The van der Waals surface area contributed by atoms with Gasteiger partial charge in [-0.15, -0.1) is 0 Å². The molecule has 4 heteroatoms. The molecule has 0 aromatic heterocycles. The Kier molecular flexibility index (Phi) is 3.92. The topological polar surface area (TPSA) is 49.5 Å². The van der Waals surface area contributed by atoms with Crippen LogP contribution in [0.15, 0.2) is 18.2 Å². The van der Waals surface area contributed by atoms with Crippen molar-refractivity contribution in [2.75, 3.05) is 18.0 Å². The molecule has 0 radical (unpaired) electrons. The fourth-order valence-electron chi connectivity index (χ4n) is 2.29. The molecule has 1 heterocycles. The molecule has 0 bridgehead atoms. The number of aliphatic hydroxyl groups is 1. The standard InChI is InChI=1S/C13H19ClN2O/c1-9-8-16(5-4-13(9)17)12-3-2-10(7-15)6-11(12)14/h2-3,6,9,13,17H,4-5,7-8,15H2,1H3. The SMILES string of the molecule is CC1CN(c2ccc(CN)cc2Cl)CCC1O. The Morgan fingerprint density at radius 1 is 1.53 bits per heavy atom. The van der Waals surface area contributed by atoms with Gasteiger partial charge in [0.25, 0.3) is 0 Å². The van der Waals surface area contributed by atoms with E-state index in [9.17, 15) is 5.11 Å². The highest BCUT2D eigenvalue weighted by atomic mass is 35.5. The molecule has 0 amide bonds. The average Bonchev–Trinajstić information content (AvgIpc) is 2.32. The van der Waals surface area contributed by atoms with Gasteiger partial charge >= 0.3 is 0 Å². The number of benzene rings is 1. The third-order valence-corrected chi connectivity index (χ3v) is 3.75. The third kappa shape index (κ3) is 2.73. The van der Waals surface area contributed by atoms with Gasteiger partial charge in [-0.1, -0.05) is 24.6 Å². The minimum atomic E-state index is -0.187. The van der Waals surface area contributed by atoms with E-state index in [-0.39, 0.29) is 12.0 Å². The van der Waals surface area contributed by atoms with Gasteiger partial charge in [-0.3, -0.25) is 0 Å². The summed E-state index contributed by atoms with van der Waals surface area (Å²) in [5, 5.41) is 10.5.